The van der Waals surface area contributed by atoms with Crippen LogP contribution in [0.3, 0.4) is 0 Å². The molecule has 0 aliphatic heterocycles. The summed E-state index contributed by atoms with van der Waals surface area (Å²) in [6, 6.07) is 3.55. The summed E-state index contributed by atoms with van der Waals surface area (Å²) in [4.78, 5) is 13.2. The van der Waals surface area contributed by atoms with Gasteiger partial charge >= 0.3 is 0 Å². The summed E-state index contributed by atoms with van der Waals surface area (Å²) in [5.41, 5.74) is 8.70. The molecular weight excluding hydrogens is 322 g/mol. The maximum Gasteiger partial charge on any atom is 0.265 e. The van der Waals surface area contributed by atoms with Crippen LogP contribution in [0.5, 0.6) is 0 Å². The molecule has 1 amide bonds. The summed E-state index contributed by atoms with van der Waals surface area (Å²) in [5, 5.41) is 13.0. The number of aryl methyl sites for hydroxylation is 2. The van der Waals surface area contributed by atoms with Gasteiger partial charge in [-0.25, -0.2) is 0 Å². The zero-order valence-corrected chi connectivity index (χ0v) is 14.8. The van der Waals surface area contributed by atoms with Crippen molar-refractivity contribution in [3.63, 3.8) is 0 Å². The molecule has 2 saturated carbocycles. The second kappa shape index (κ2) is 5.98. The molecule has 0 bridgehead atoms. The second-order valence-corrected chi connectivity index (χ2v) is 7.96. The number of rotatable bonds is 5. The first kappa shape index (κ1) is 15.8. The Kier molecular flexibility index (Phi) is 3.94. The van der Waals surface area contributed by atoms with Gasteiger partial charge in [-0.1, -0.05) is 0 Å². The van der Waals surface area contributed by atoms with E-state index in [0.29, 0.717) is 24.0 Å². The van der Waals surface area contributed by atoms with Gasteiger partial charge in [0.05, 0.1) is 16.3 Å². The molecule has 2 unspecified atom stereocenters. The lowest BCUT2D eigenvalue weighted by Crippen LogP contribution is -2.49. The summed E-state index contributed by atoms with van der Waals surface area (Å²) in [6.07, 6.45) is 5.16. The minimum atomic E-state index is -0.0579. The molecule has 24 heavy (non-hydrogen) atoms. The summed E-state index contributed by atoms with van der Waals surface area (Å²) >= 11 is 1.51. The van der Waals surface area contributed by atoms with E-state index in [1.807, 2.05) is 26.2 Å². The van der Waals surface area contributed by atoms with Crippen molar-refractivity contribution in [3.05, 3.63) is 33.8 Å². The standard InChI is InChI=1S/C17H23N5OS/c1-9-15(7-22(2)21-9)20-17(23)16-3-10(8-24-16)13-6-14(13)19-12-4-11(18)5-12/h3,7-8,11-14,19H,4-6,18H2,1-2H3,(H,20,23). The molecular formula is C17H23N5OS. The number of aromatic nitrogens is 2. The molecule has 6 nitrogen and oxygen atoms in total. The van der Waals surface area contributed by atoms with E-state index in [1.54, 1.807) is 4.68 Å². The van der Waals surface area contributed by atoms with Crippen LogP contribution in [-0.4, -0.2) is 33.8 Å². The molecule has 2 heterocycles. The van der Waals surface area contributed by atoms with Crippen LogP contribution in [0.4, 0.5) is 5.69 Å². The molecule has 2 fully saturated rings. The molecule has 7 heteroatoms. The van der Waals surface area contributed by atoms with E-state index in [1.165, 1.54) is 16.9 Å². The Morgan fingerprint density at radius 2 is 2.21 bits per heavy atom. The first-order valence-corrected chi connectivity index (χ1v) is 9.29. The molecule has 128 valence electrons. The lowest BCUT2D eigenvalue weighted by Gasteiger charge is -2.33. The Labute approximate surface area is 145 Å². The normalized spacial score (nSPS) is 28.5. The fraction of sp³-hybridized carbons (Fsp3) is 0.529. The van der Waals surface area contributed by atoms with E-state index in [4.69, 9.17) is 5.73 Å². The fourth-order valence-electron chi connectivity index (χ4n) is 3.42. The molecule has 2 aliphatic carbocycles. The highest BCUT2D eigenvalue weighted by atomic mass is 32.1. The van der Waals surface area contributed by atoms with Gasteiger partial charge in [-0.05, 0) is 43.2 Å². The molecule has 2 atom stereocenters. The van der Waals surface area contributed by atoms with E-state index < -0.39 is 0 Å². The van der Waals surface area contributed by atoms with Crippen LogP contribution >= 0.6 is 11.3 Å². The van der Waals surface area contributed by atoms with Gasteiger partial charge in [0.2, 0.25) is 0 Å². The van der Waals surface area contributed by atoms with E-state index >= 15 is 0 Å². The highest BCUT2D eigenvalue weighted by Gasteiger charge is 2.42. The second-order valence-electron chi connectivity index (χ2n) is 7.04. The van der Waals surface area contributed by atoms with Crippen LogP contribution in [0.1, 0.15) is 46.1 Å². The van der Waals surface area contributed by atoms with Gasteiger partial charge in [0, 0.05) is 37.3 Å². The number of nitrogens with zero attached hydrogens (tertiary/aromatic N) is 2. The minimum absolute atomic E-state index is 0.0579. The predicted octanol–water partition coefficient (Wildman–Crippen LogP) is 1.98. The van der Waals surface area contributed by atoms with Crippen molar-refractivity contribution in [1.29, 1.82) is 0 Å². The number of nitrogens with two attached hydrogens (primary N) is 1. The van der Waals surface area contributed by atoms with Crippen molar-refractivity contribution >= 4 is 22.9 Å². The van der Waals surface area contributed by atoms with E-state index in [0.717, 1.165) is 35.5 Å². The van der Waals surface area contributed by atoms with Gasteiger partial charge in [-0.15, -0.1) is 11.3 Å². The molecule has 2 aromatic rings. The lowest BCUT2D eigenvalue weighted by molar-refractivity contribution is 0.103. The maximum atomic E-state index is 12.4. The Hall–Kier alpha value is -1.70. The van der Waals surface area contributed by atoms with Crippen molar-refractivity contribution in [2.45, 2.75) is 50.2 Å². The molecule has 0 aromatic carbocycles. The zero-order valence-electron chi connectivity index (χ0n) is 14.0. The molecule has 4 N–H and O–H groups in total. The first-order valence-electron chi connectivity index (χ1n) is 8.41. The SMILES string of the molecule is Cc1nn(C)cc1NC(=O)c1cc(C2CC2NC2CC(N)C2)cs1. The molecule has 2 aliphatic rings. The van der Waals surface area contributed by atoms with Crippen LogP contribution in [0.2, 0.25) is 0 Å². The van der Waals surface area contributed by atoms with Gasteiger partial charge in [0.1, 0.15) is 0 Å². The summed E-state index contributed by atoms with van der Waals surface area (Å²) in [6.45, 7) is 1.89. The molecule has 4 rings (SSSR count). The average molecular weight is 345 g/mol. The topological polar surface area (TPSA) is 85.0 Å². The number of nitrogens with one attached hydrogen (secondary N) is 2. The molecule has 0 saturated heterocycles. The summed E-state index contributed by atoms with van der Waals surface area (Å²) in [7, 11) is 1.85. The minimum Gasteiger partial charge on any atom is -0.328 e. The van der Waals surface area contributed by atoms with E-state index in [-0.39, 0.29) is 5.91 Å². The monoisotopic (exact) mass is 345 g/mol. The third-order valence-electron chi connectivity index (χ3n) is 4.95. The third-order valence-corrected chi connectivity index (χ3v) is 5.90. The highest BCUT2D eigenvalue weighted by Crippen LogP contribution is 2.43. The number of hydrogen-bond donors (Lipinski definition) is 3. The maximum absolute atomic E-state index is 12.4. The van der Waals surface area contributed by atoms with Crippen molar-refractivity contribution in [3.8, 4) is 0 Å². The number of amides is 1. The predicted molar refractivity (Wildman–Crippen MR) is 95.5 cm³/mol. The van der Waals surface area contributed by atoms with Gasteiger partial charge in [-0.2, -0.15) is 5.10 Å². The Balaban J connectivity index is 1.35. The largest absolute Gasteiger partial charge is 0.328 e. The Morgan fingerprint density at radius 1 is 1.42 bits per heavy atom. The smallest absolute Gasteiger partial charge is 0.265 e. The number of anilines is 1. The van der Waals surface area contributed by atoms with Gasteiger partial charge < -0.3 is 16.4 Å². The summed E-state index contributed by atoms with van der Waals surface area (Å²) < 4.78 is 1.71. The van der Waals surface area contributed by atoms with Gasteiger partial charge in [0.15, 0.2) is 0 Å². The zero-order chi connectivity index (χ0) is 16.8. The quantitative estimate of drug-likeness (QED) is 0.773. The summed E-state index contributed by atoms with van der Waals surface area (Å²) in [5.74, 6) is 0.484. The number of carbonyl (C=O) groups excluding carboxylic acids is 1. The van der Waals surface area contributed by atoms with Crippen LogP contribution in [0.25, 0.3) is 0 Å². The third kappa shape index (κ3) is 3.11. The number of hydrogen-bond acceptors (Lipinski definition) is 5. The molecule has 0 spiro atoms. The Morgan fingerprint density at radius 3 is 2.88 bits per heavy atom. The molecule has 0 radical (unpaired) electrons. The van der Waals surface area contributed by atoms with Crippen LogP contribution < -0.4 is 16.4 Å². The Bertz CT molecular complexity index is 761. The van der Waals surface area contributed by atoms with Crippen LogP contribution in [0, 0.1) is 6.92 Å². The fourth-order valence-corrected chi connectivity index (χ4v) is 4.29. The van der Waals surface area contributed by atoms with Crippen LogP contribution in [-0.2, 0) is 7.05 Å². The number of thiophene rings is 1. The van der Waals surface area contributed by atoms with Crippen LogP contribution in [0.15, 0.2) is 17.6 Å². The average Bonchev–Trinajstić information content (AvgIpc) is 2.95. The van der Waals surface area contributed by atoms with Gasteiger partial charge in [0.25, 0.3) is 5.91 Å². The van der Waals surface area contributed by atoms with Gasteiger partial charge in [-0.3, -0.25) is 9.48 Å². The lowest BCUT2D eigenvalue weighted by atomic mass is 9.87. The van der Waals surface area contributed by atoms with E-state index in [2.05, 4.69) is 21.1 Å². The van der Waals surface area contributed by atoms with Crippen molar-refractivity contribution in [2.24, 2.45) is 12.8 Å². The molecule has 2 aromatic heterocycles. The number of carbonyl (C=O) groups is 1. The van der Waals surface area contributed by atoms with E-state index in [9.17, 15) is 4.79 Å². The van der Waals surface area contributed by atoms with Crippen molar-refractivity contribution in [1.82, 2.24) is 15.1 Å². The highest BCUT2D eigenvalue weighted by molar-refractivity contribution is 7.12. The first-order chi connectivity index (χ1) is 11.5. The van der Waals surface area contributed by atoms with Crippen molar-refractivity contribution < 1.29 is 4.79 Å². The van der Waals surface area contributed by atoms with Crippen molar-refractivity contribution in [2.75, 3.05) is 5.32 Å².